The number of aromatic nitrogens is 4. The van der Waals surface area contributed by atoms with Crippen LogP contribution in [0.25, 0.3) is 11.5 Å². The monoisotopic (exact) mass is 204 g/mol. The van der Waals surface area contributed by atoms with E-state index < -0.39 is 0 Å². The van der Waals surface area contributed by atoms with Gasteiger partial charge in [-0.25, -0.2) is 0 Å². The second kappa shape index (κ2) is 3.56. The van der Waals surface area contributed by atoms with Crippen LogP contribution in [0.15, 0.2) is 18.3 Å². The quantitative estimate of drug-likeness (QED) is 0.744. The van der Waals surface area contributed by atoms with Crippen LogP contribution >= 0.6 is 0 Å². The van der Waals surface area contributed by atoms with Crippen LogP contribution in [0.1, 0.15) is 0 Å². The van der Waals surface area contributed by atoms with E-state index in [1.165, 1.54) is 0 Å². The van der Waals surface area contributed by atoms with Gasteiger partial charge >= 0.3 is 0 Å². The summed E-state index contributed by atoms with van der Waals surface area (Å²) < 4.78 is 1.83. The van der Waals surface area contributed by atoms with Gasteiger partial charge in [0.25, 0.3) is 0 Å². The number of nitrogens with one attached hydrogen (secondary N) is 1. The van der Waals surface area contributed by atoms with E-state index in [0.29, 0.717) is 17.5 Å². The minimum absolute atomic E-state index is 0.634. The van der Waals surface area contributed by atoms with Gasteiger partial charge in [-0.1, -0.05) is 0 Å². The van der Waals surface area contributed by atoms with E-state index in [2.05, 4.69) is 20.5 Å². The van der Waals surface area contributed by atoms with Gasteiger partial charge in [0.2, 0.25) is 5.95 Å². The van der Waals surface area contributed by atoms with Crippen molar-refractivity contribution in [3.63, 3.8) is 0 Å². The number of pyridine rings is 1. The lowest BCUT2D eigenvalue weighted by molar-refractivity contribution is 0.919. The van der Waals surface area contributed by atoms with Crippen molar-refractivity contribution >= 4 is 11.6 Å². The molecule has 0 aliphatic carbocycles. The zero-order valence-corrected chi connectivity index (χ0v) is 8.60. The number of nitrogens with two attached hydrogens (primary N) is 1. The highest BCUT2D eigenvalue weighted by Crippen LogP contribution is 2.17. The Labute approximate surface area is 87.2 Å². The smallest absolute Gasteiger partial charge is 0.224 e. The second-order valence-electron chi connectivity index (χ2n) is 3.13. The number of hydrogen-bond acceptors (Lipinski definition) is 5. The summed E-state index contributed by atoms with van der Waals surface area (Å²) in [6.07, 6.45) is 1.60. The van der Waals surface area contributed by atoms with Gasteiger partial charge in [-0.15, -0.1) is 10.2 Å². The number of hydrogen-bond donors (Lipinski definition) is 2. The average Bonchev–Trinajstić information content (AvgIpc) is 2.61. The van der Waals surface area contributed by atoms with Gasteiger partial charge in [0, 0.05) is 14.1 Å². The van der Waals surface area contributed by atoms with Gasteiger partial charge in [0.1, 0.15) is 5.69 Å². The number of rotatable bonds is 2. The topological polar surface area (TPSA) is 81.7 Å². The Hall–Kier alpha value is -2.11. The maximum absolute atomic E-state index is 5.56. The summed E-state index contributed by atoms with van der Waals surface area (Å²) in [5, 5.41) is 10.9. The van der Waals surface area contributed by atoms with Gasteiger partial charge in [-0.05, 0) is 12.1 Å². The molecule has 0 aliphatic heterocycles. The molecule has 2 rings (SSSR count). The summed E-state index contributed by atoms with van der Waals surface area (Å²) in [4.78, 5) is 4.18. The molecule has 0 bridgehead atoms. The molecule has 0 unspecified atom stereocenters. The predicted octanol–water partition coefficient (Wildman–Crippen LogP) is 0.501. The highest BCUT2D eigenvalue weighted by Gasteiger charge is 2.09. The molecule has 2 heterocycles. The van der Waals surface area contributed by atoms with Crippen LogP contribution in [0, 0.1) is 0 Å². The number of nitrogen functional groups attached to an aromatic ring is 1. The molecule has 15 heavy (non-hydrogen) atoms. The Bertz CT molecular complexity index is 458. The molecule has 0 radical (unpaired) electrons. The van der Waals surface area contributed by atoms with E-state index in [1.54, 1.807) is 19.3 Å². The number of nitrogens with zero attached hydrogens (tertiary/aromatic N) is 4. The first-order valence-electron chi connectivity index (χ1n) is 4.51. The molecule has 0 aliphatic rings. The van der Waals surface area contributed by atoms with Crippen LogP contribution in [-0.4, -0.2) is 26.8 Å². The zero-order valence-electron chi connectivity index (χ0n) is 8.60. The molecule has 6 heteroatoms. The largest absolute Gasteiger partial charge is 0.397 e. The van der Waals surface area contributed by atoms with Crippen LogP contribution in [-0.2, 0) is 7.05 Å². The van der Waals surface area contributed by atoms with Crippen molar-refractivity contribution in [2.75, 3.05) is 18.1 Å². The van der Waals surface area contributed by atoms with Crippen molar-refractivity contribution in [2.24, 2.45) is 7.05 Å². The normalized spacial score (nSPS) is 10.3. The van der Waals surface area contributed by atoms with Gasteiger partial charge < -0.3 is 11.1 Å². The lowest BCUT2D eigenvalue weighted by Crippen LogP contribution is -2.00. The molecule has 78 valence electrons. The first-order valence-corrected chi connectivity index (χ1v) is 4.51. The van der Waals surface area contributed by atoms with Crippen LogP contribution in [0.5, 0.6) is 0 Å². The molecular formula is C9H12N6. The zero-order chi connectivity index (χ0) is 10.8. The van der Waals surface area contributed by atoms with E-state index in [4.69, 9.17) is 5.73 Å². The molecule has 0 spiro atoms. The highest BCUT2D eigenvalue weighted by atomic mass is 15.3. The lowest BCUT2D eigenvalue weighted by atomic mass is 10.3. The Morgan fingerprint density at radius 3 is 2.67 bits per heavy atom. The van der Waals surface area contributed by atoms with E-state index in [9.17, 15) is 0 Å². The molecule has 0 fully saturated rings. The van der Waals surface area contributed by atoms with Gasteiger partial charge in [-0.2, -0.15) is 0 Å². The standard InChI is InChI=1S/C9H12N6/c1-11-9-14-13-8(15(9)2)7-4-3-6(10)5-12-7/h3-5H,10H2,1-2H3,(H,11,14). The van der Waals surface area contributed by atoms with E-state index in [-0.39, 0.29) is 0 Å². The van der Waals surface area contributed by atoms with Crippen LogP contribution in [0.3, 0.4) is 0 Å². The first-order chi connectivity index (χ1) is 7.22. The van der Waals surface area contributed by atoms with Crippen molar-refractivity contribution in [3.05, 3.63) is 18.3 Å². The summed E-state index contributed by atoms with van der Waals surface area (Å²) in [6.45, 7) is 0. The lowest BCUT2D eigenvalue weighted by Gasteiger charge is -2.02. The first kappa shape index (κ1) is 9.45. The fourth-order valence-corrected chi connectivity index (χ4v) is 1.31. The predicted molar refractivity (Wildman–Crippen MR) is 58.2 cm³/mol. The third kappa shape index (κ3) is 1.61. The Morgan fingerprint density at radius 1 is 1.33 bits per heavy atom. The SMILES string of the molecule is CNc1nnc(-c2ccc(N)cn2)n1C. The third-order valence-electron chi connectivity index (χ3n) is 2.11. The Balaban J connectivity index is 2.45. The molecule has 0 atom stereocenters. The van der Waals surface area contributed by atoms with Crippen molar-refractivity contribution in [1.29, 1.82) is 0 Å². The summed E-state index contributed by atoms with van der Waals surface area (Å²) in [7, 11) is 3.67. The van der Waals surface area contributed by atoms with Crippen molar-refractivity contribution in [1.82, 2.24) is 19.7 Å². The molecule has 2 aromatic rings. The van der Waals surface area contributed by atoms with E-state index in [0.717, 1.165) is 5.69 Å². The van der Waals surface area contributed by atoms with Crippen LogP contribution in [0.2, 0.25) is 0 Å². The molecule has 0 amide bonds. The van der Waals surface area contributed by atoms with Crippen molar-refractivity contribution in [3.8, 4) is 11.5 Å². The molecular weight excluding hydrogens is 192 g/mol. The fraction of sp³-hybridized carbons (Fsp3) is 0.222. The number of anilines is 2. The van der Waals surface area contributed by atoms with Crippen molar-refractivity contribution in [2.45, 2.75) is 0 Å². The minimum atomic E-state index is 0.634. The minimum Gasteiger partial charge on any atom is -0.397 e. The average molecular weight is 204 g/mol. The summed E-state index contributed by atoms with van der Waals surface area (Å²) in [6, 6.07) is 3.61. The molecule has 0 saturated heterocycles. The van der Waals surface area contributed by atoms with Crippen molar-refractivity contribution < 1.29 is 0 Å². The third-order valence-corrected chi connectivity index (χ3v) is 2.11. The summed E-state index contributed by atoms with van der Waals surface area (Å²) in [5.74, 6) is 1.41. The molecule has 3 N–H and O–H groups in total. The second-order valence-corrected chi connectivity index (χ2v) is 3.13. The van der Waals surface area contributed by atoms with E-state index >= 15 is 0 Å². The molecule has 0 aromatic carbocycles. The highest BCUT2D eigenvalue weighted by molar-refractivity contribution is 5.54. The maximum Gasteiger partial charge on any atom is 0.224 e. The Morgan fingerprint density at radius 2 is 2.13 bits per heavy atom. The van der Waals surface area contributed by atoms with Gasteiger partial charge in [-0.3, -0.25) is 9.55 Å². The van der Waals surface area contributed by atoms with E-state index in [1.807, 2.05) is 17.7 Å². The van der Waals surface area contributed by atoms with Gasteiger partial charge in [0.05, 0.1) is 11.9 Å². The Kier molecular flexibility index (Phi) is 2.24. The molecule has 2 aromatic heterocycles. The molecule has 0 saturated carbocycles. The van der Waals surface area contributed by atoms with Crippen LogP contribution in [0.4, 0.5) is 11.6 Å². The maximum atomic E-state index is 5.56. The van der Waals surface area contributed by atoms with Crippen LogP contribution < -0.4 is 11.1 Å². The summed E-state index contributed by atoms with van der Waals surface area (Å²) in [5.41, 5.74) is 6.94. The van der Waals surface area contributed by atoms with Gasteiger partial charge in [0.15, 0.2) is 5.82 Å². The summed E-state index contributed by atoms with van der Waals surface area (Å²) >= 11 is 0. The molecule has 6 nitrogen and oxygen atoms in total. The fourth-order valence-electron chi connectivity index (χ4n) is 1.31.